The Labute approximate surface area is 168 Å². The van der Waals surface area contributed by atoms with E-state index < -0.39 is 21.7 Å². The summed E-state index contributed by atoms with van der Waals surface area (Å²) >= 11 is 0. The van der Waals surface area contributed by atoms with Crippen LogP contribution in [0.4, 0.5) is 15.8 Å². The molecule has 2 N–H and O–H groups in total. The van der Waals surface area contributed by atoms with Gasteiger partial charge in [-0.3, -0.25) is 9.52 Å². The van der Waals surface area contributed by atoms with Gasteiger partial charge in [-0.2, -0.15) is 0 Å². The summed E-state index contributed by atoms with van der Waals surface area (Å²) in [6, 6.07) is 16.4. The second-order valence-electron chi connectivity index (χ2n) is 6.25. The Morgan fingerprint density at radius 1 is 0.966 bits per heavy atom. The predicted molar refractivity (Wildman–Crippen MR) is 109 cm³/mol. The molecular formula is C21H19FN2O4S. The summed E-state index contributed by atoms with van der Waals surface area (Å²) in [5.74, 6) is -0.730. The van der Waals surface area contributed by atoms with Crippen molar-refractivity contribution in [1.82, 2.24) is 0 Å². The molecule has 1 amide bonds. The highest BCUT2D eigenvalue weighted by Crippen LogP contribution is 2.24. The first-order valence-electron chi connectivity index (χ1n) is 8.63. The summed E-state index contributed by atoms with van der Waals surface area (Å²) in [5, 5.41) is 2.53. The van der Waals surface area contributed by atoms with Gasteiger partial charge in [0, 0.05) is 11.4 Å². The maximum Gasteiger partial charge on any atom is 0.262 e. The fourth-order valence-electron chi connectivity index (χ4n) is 2.68. The first kappa shape index (κ1) is 20.3. The van der Waals surface area contributed by atoms with E-state index in [-0.39, 0.29) is 16.1 Å². The number of aryl methyl sites for hydroxylation is 1. The summed E-state index contributed by atoms with van der Waals surface area (Å²) in [5.41, 5.74) is 0.966. The summed E-state index contributed by atoms with van der Waals surface area (Å²) < 4.78 is 47.0. The lowest BCUT2D eigenvalue weighted by Crippen LogP contribution is -2.17. The van der Waals surface area contributed by atoms with E-state index in [1.807, 2.05) is 0 Å². The van der Waals surface area contributed by atoms with Gasteiger partial charge in [0.25, 0.3) is 15.9 Å². The number of hydrogen-bond acceptors (Lipinski definition) is 4. The van der Waals surface area contributed by atoms with Gasteiger partial charge < -0.3 is 10.1 Å². The molecule has 0 aliphatic carbocycles. The monoisotopic (exact) mass is 414 g/mol. The summed E-state index contributed by atoms with van der Waals surface area (Å²) in [4.78, 5) is 12.3. The number of carbonyl (C=O) groups excluding carboxylic acids is 1. The minimum absolute atomic E-state index is 0.000323. The van der Waals surface area contributed by atoms with Gasteiger partial charge in [0.05, 0.1) is 17.6 Å². The number of halogens is 1. The first-order chi connectivity index (χ1) is 13.8. The molecule has 0 atom stereocenters. The quantitative estimate of drug-likeness (QED) is 0.633. The highest BCUT2D eigenvalue weighted by Gasteiger charge is 2.19. The van der Waals surface area contributed by atoms with E-state index in [9.17, 15) is 17.6 Å². The van der Waals surface area contributed by atoms with Crippen molar-refractivity contribution < 1.29 is 22.3 Å². The Bertz CT molecular complexity index is 1150. The molecular weight excluding hydrogens is 395 g/mol. The minimum Gasteiger partial charge on any atom is -0.497 e. The highest BCUT2D eigenvalue weighted by atomic mass is 32.2. The summed E-state index contributed by atoms with van der Waals surface area (Å²) in [7, 11) is -2.39. The number of benzene rings is 3. The molecule has 0 aromatic heterocycles. The first-order valence-corrected chi connectivity index (χ1v) is 10.1. The molecule has 6 nitrogen and oxygen atoms in total. The molecule has 0 radical (unpaired) electrons. The SMILES string of the molecule is COc1ccc(NS(=O)(=O)c2cc(NC(=O)c3ccccc3F)ccc2C)cc1. The van der Waals surface area contributed by atoms with Gasteiger partial charge in [0.1, 0.15) is 11.6 Å². The maximum absolute atomic E-state index is 13.8. The van der Waals surface area contributed by atoms with Crippen LogP contribution >= 0.6 is 0 Å². The molecule has 3 rings (SSSR count). The lowest BCUT2D eigenvalue weighted by Gasteiger charge is -2.13. The van der Waals surface area contributed by atoms with Crippen LogP contribution in [0.1, 0.15) is 15.9 Å². The van der Waals surface area contributed by atoms with Crippen LogP contribution in [0.2, 0.25) is 0 Å². The van der Waals surface area contributed by atoms with Crippen molar-refractivity contribution in [3.8, 4) is 5.75 Å². The smallest absolute Gasteiger partial charge is 0.262 e. The number of nitrogens with one attached hydrogen (secondary N) is 2. The molecule has 0 fully saturated rings. The van der Waals surface area contributed by atoms with Gasteiger partial charge in [0.2, 0.25) is 0 Å². The highest BCUT2D eigenvalue weighted by molar-refractivity contribution is 7.92. The van der Waals surface area contributed by atoms with Crippen LogP contribution in [-0.2, 0) is 10.0 Å². The number of anilines is 2. The second-order valence-corrected chi connectivity index (χ2v) is 7.90. The third-order valence-electron chi connectivity index (χ3n) is 4.20. The number of methoxy groups -OCH3 is 1. The number of ether oxygens (including phenoxy) is 1. The fourth-order valence-corrected chi connectivity index (χ4v) is 4.01. The Balaban J connectivity index is 1.85. The largest absolute Gasteiger partial charge is 0.497 e. The third kappa shape index (κ3) is 4.72. The molecule has 0 aliphatic rings. The van der Waals surface area contributed by atoms with Gasteiger partial charge >= 0.3 is 0 Å². The maximum atomic E-state index is 13.8. The van der Waals surface area contributed by atoms with Crippen LogP contribution in [-0.4, -0.2) is 21.4 Å². The molecule has 8 heteroatoms. The van der Waals surface area contributed by atoms with Crippen molar-refractivity contribution >= 4 is 27.3 Å². The summed E-state index contributed by atoms with van der Waals surface area (Å²) in [6.45, 7) is 1.64. The van der Waals surface area contributed by atoms with Crippen LogP contribution in [0.5, 0.6) is 5.75 Å². The number of hydrogen-bond donors (Lipinski definition) is 2. The van der Waals surface area contributed by atoms with E-state index in [1.165, 1.54) is 31.4 Å². The van der Waals surface area contributed by atoms with E-state index in [2.05, 4.69) is 10.0 Å². The van der Waals surface area contributed by atoms with Crippen molar-refractivity contribution in [3.05, 3.63) is 83.7 Å². The van der Waals surface area contributed by atoms with Gasteiger partial charge in [0.15, 0.2) is 0 Å². The van der Waals surface area contributed by atoms with Crippen molar-refractivity contribution in [3.63, 3.8) is 0 Å². The Hall–Kier alpha value is -3.39. The van der Waals surface area contributed by atoms with E-state index >= 15 is 0 Å². The average molecular weight is 414 g/mol. The van der Waals surface area contributed by atoms with Crippen molar-refractivity contribution in [2.45, 2.75) is 11.8 Å². The van der Waals surface area contributed by atoms with Gasteiger partial charge in [-0.25, -0.2) is 12.8 Å². The van der Waals surface area contributed by atoms with E-state index in [4.69, 9.17) is 4.74 Å². The molecule has 0 heterocycles. The van der Waals surface area contributed by atoms with Crippen LogP contribution in [0, 0.1) is 12.7 Å². The van der Waals surface area contributed by atoms with Crippen LogP contribution < -0.4 is 14.8 Å². The zero-order chi connectivity index (χ0) is 21.0. The van der Waals surface area contributed by atoms with Gasteiger partial charge in [-0.1, -0.05) is 18.2 Å². The Kier molecular flexibility index (Phi) is 5.84. The fraction of sp³-hybridized carbons (Fsp3) is 0.0952. The standard InChI is InChI=1S/C21H19FN2O4S/c1-14-7-8-16(23-21(25)18-5-3-4-6-19(18)22)13-20(14)29(26,27)24-15-9-11-17(28-2)12-10-15/h3-13,24H,1-2H3,(H,23,25). The van der Waals surface area contributed by atoms with Crippen molar-refractivity contribution in [2.75, 3.05) is 17.1 Å². The van der Waals surface area contributed by atoms with Gasteiger partial charge in [-0.15, -0.1) is 0 Å². The van der Waals surface area contributed by atoms with Crippen LogP contribution in [0.15, 0.2) is 71.6 Å². The molecule has 150 valence electrons. The van der Waals surface area contributed by atoms with Crippen LogP contribution in [0.3, 0.4) is 0 Å². The lowest BCUT2D eigenvalue weighted by molar-refractivity contribution is 0.102. The topological polar surface area (TPSA) is 84.5 Å². The molecule has 0 saturated carbocycles. The number of amides is 1. The molecule has 0 aliphatic heterocycles. The normalized spacial score (nSPS) is 11.0. The molecule has 3 aromatic rings. The van der Waals surface area contributed by atoms with E-state index in [1.54, 1.807) is 49.4 Å². The zero-order valence-electron chi connectivity index (χ0n) is 15.8. The average Bonchev–Trinajstić information content (AvgIpc) is 2.70. The number of sulfonamides is 1. The van der Waals surface area contributed by atoms with Gasteiger partial charge in [-0.05, 0) is 61.0 Å². The molecule has 0 unspecified atom stereocenters. The van der Waals surface area contributed by atoms with Crippen molar-refractivity contribution in [1.29, 1.82) is 0 Å². The minimum atomic E-state index is -3.91. The second kappa shape index (κ2) is 8.32. The number of rotatable bonds is 6. The Morgan fingerprint density at radius 3 is 2.28 bits per heavy atom. The molecule has 0 saturated heterocycles. The molecule has 0 spiro atoms. The lowest BCUT2D eigenvalue weighted by atomic mass is 10.2. The molecule has 3 aromatic carbocycles. The third-order valence-corrected chi connectivity index (χ3v) is 5.72. The van der Waals surface area contributed by atoms with E-state index in [0.29, 0.717) is 17.0 Å². The molecule has 29 heavy (non-hydrogen) atoms. The van der Waals surface area contributed by atoms with Crippen molar-refractivity contribution in [2.24, 2.45) is 0 Å². The Morgan fingerprint density at radius 2 is 1.62 bits per heavy atom. The van der Waals surface area contributed by atoms with Crippen LogP contribution in [0.25, 0.3) is 0 Å². The summed E-state index contributed by atoms with van der Waals surface area (Å²) in [6.07, 6.45) is 0. The van der Waals surface area contributed by atoms with E-state index in [0.717, 1.165) is 0 Å². The number of carbonyl (C=O) groups is 1. The zero-order valence-corrected chi connectivity index (χ0v) is 16.6. The predicted octanol–water partition coefficient (Wildman–Crippen LogP) is 4.20. The molecule has 0 bridgehead atoms.